The second kappa shape index (κ2) is 61.1. The van der Waals surface area contributed by atoms with Crippen molar-refractivity contribution in [3.8, 4) is 5.75 Å². The van der Waals surface area contributed by atoms with E-state index in [0.29, 0.717) is 48.6 Å². The Kier molecular flexibility index (Phi) is 79.4. The minimum absolute atomic E-state index is 0. The van der Waals surface area contributed by atoms with Crippen molar-refractivity contribution in [3.63, 3.8) is 0 Å². The van der Waals surface area contributed by atoms with E-state index in [-0.39, 0.29) is 126 Å². The summed E-state index contributed by atoms with van der Waals surface area (Å²) < 4.78 is 42.2. The van der Waals surface area contributed by atoms with Crippen molar-refractivity contribution in [1.29, 1.82) is 0 Å². The average Bonchev–Trinajstić information content (AvgIpc) is 3.58. The fraction of sp³-hybridized carbons (Fsp3) is 0.839. The van der Waals surface area contributed by atoms with Gasteiger partial charge in [-0.3, -0.25) is 0 Å². The minimum Gasteiger partial charge on any atom is -0.620 e. The quantitative estimate of drug-likeness (QED) is 0.0454. The summed E-state index contributed by atoms with van der Waals surface area (Å²) in [5.41, 5.74) is -3.06. The lowest BCUT2D eigenvalue weighted by molar-refractivity contribution is -0.175. The molecule has 28 heteroatoms. The third-order valence-corrected chi connectivity index (χ3v) is 29.4. The van der Waals surface area contributed by atoms with Crippen LogP contribution in [0, 0.1) is 11.8 Å². The number of rotatable bonds is 22. The van der Waals surface area contributed by atoms with Crippen LogP contribution in [0.1, 0.15) is 247 Å². The van der Waals surface area contributed by atoms with Gasteiger partial charge in [-0.1, -0.05) is 117 Å². The van der Waals surface area contributed by atoms with Crippen LogP contribution in [-0.2, 0) is 135 Å². The van der Waals surface area contributed by atoms with Crippen LogP contribution < -0.4 is 29.6 Å². The maximum atomic E-state index is 12.3. The van der Waals surface area contributed by atoms with Crippen molar-refractivity contribution in [2.45, 2.75) is 293 Å². The first-order valence-electron chi connectivity index (χ1n) is 26.0. The summed E-state index contributed by atoms with van der Waals surface area (Å²) in [6, 6.07) is 6.46. The number of hydrogen-bond donors (Lipinski definition) is 0. The molecule has 3 fully saturated rings. The van der Waals surface area contributed by atoms with Gasteiger partial charge in [0.1, 0.15) is 101 Å². The van der Waals surface area contributed by atoms with Gasteiger partial charge in [0.25, 0.3) is 0 Å². The van der Waals surface area contributed by atoms with E-state index in [1.165, 1.54) is 34.2 Å². The van der Waals surface area contributed by atoms with Gasteiger partial charge in [-0.2, -0.15) is 0 Å². The zero-order valence-electron chi connectivity index (χ0n) is 47.1. The Balaban J connectivity index is -0.0000000875. The summed E-state index contributed by atoms with van der Waals surface area (Å²) >= 11 is 18.9. The fourth-order valence-corrected chi connectivity index (χ4v) is 17.5. The maximum Gasteiger partial charge on any atom is 0.343 e. The number of esters is 4. The lowest BCUT2D eigenvalue weighted by atomic mass is 9.73. The molecular formula is C62H130O16P4S8. The summed E-state index contributed by atoms with van der Waals surface area (Å²) in [7, 11) is 9.90. The molecule has 3 saturated carbocycles. The van der Waals surface area contributed by atoms with E-state index in [9.17, 15) is 38.8 Å². The van der Waals surface area contributed by atoms with Crippen molar-refractivity contribution in [3.05, 3.63) is 24.3 Å². The first-order valence-corrected chi connectivity index (χ1v) is 40.8. The molecule has 0 aliphatic heterocycles. The van der Waals surface area contributed by atoms with Gasteiger partial charge in [-0.05, 0) is 167 Å². The van der Waals surface area contributed by atoms with E-state index in [4.69, 9.17) is 60.3 Å². The molecule has 0 amide bonds. The largest absolute Gasteiger partial charge is 0.620 e. The van der Waals surface area contributed by atoms with Gasteiger partial charge in [-0.25, -0.2) is 19.2 Å². The lowest BCUT2D eigenvalue weighted by Gasteiger charge is -2.37. The van der Waals surface area contributed by atoms with E-state index in [0.717, 1.165) is 114 Å². The molecule has 3 aliphatic carbocycles. The van der Waals surface area contributed by atoms with Crippen LogP contribution in [0.4, 0.5) is 0 Å². The molecule has 0 bridgehead atoms. The zero-order chi connectivity index (χ0) is 59.3. The highest BCUT2D eigenvalue weighted by Gasteiger charge is 2.40. The molecule has 0 N–H and O–H groups in total. The molecule has 0 radical (unpaired) electrons. The Morgan fingerprint density at radius 2 is 0.756 bits per heavy atom. The summed E-state index contributed by atoms with van der Waals surface area (Å²) in [4.78, 5) is 93.8. The highest BCUT2D eigenvalue weighted by Crippen LogP contribution is 2.43. The topological polar surface area (TPSA) is 234 Å². The molecule has 8 unspecified atom stereocenters. The number of ether oxygens (including phenoxy) is 8. The van der Waals surface area contributed by atoms with Crippen molar-refractivity contribution >= 4 is 140 Å². The van der Waals surface area contributed by atoms with Crippen LogP contribution in [0.3, 0.4) is 0 Å². The van der Waals surface area contributed by atoms with E-state index in [2.05, 4.69) is 22.4 Å². The smallest absolute Gasteiger partial charge is 0.343 e. The summed E-state index contributed by atoms with van der Waals surface area (Å²) in [5, 5.41) is 0.625. The molecule has 8 atom stereocenters. The predicted molar refractivity (Wildman–Crippen MR) is 407 cm³/mol. The molecule has 3 aliphatic rings. The Labute approximate surface area is 587 Å². The molecule has 90 heavy (non-hydrogen) atoms. The molecule has 0 heterocycles. The van der Waals surface area contributed by atoms with Crippen LogP contribution in [-0.4, -0.2) is 111 Å². The van der Waals surface area contributed by atoms with Gasteiger partial charge in [0.15, 0.2) is 34.6 Å². The molecule has 16 nitrogen and oxygen atoms in total. The first-order chi connectivity index (χ1) is 36.9. The first kappa shape index (κ1) is 117. The van der Waals surface area contributed by atoms with Gasteiger partial charge in [0, 0.05) is 73.2 Å². The van der Waals surface area contributed by atoms with E-state index in [1.54, 1.807) is 59.1 Å². The fourth-order valence-electron chi connectivity index (χ4n) is 8.29. The zero-order valence-corrected chi connectivity index (χ0v) is 57.2. The SMILES string of the molecule is C.C.C.C.C.C.C.C.C.C.C.C.CCC(C)(OC)C(=O)OC1CCC(C2CCC([P+]([O-])=S=S)CC2)CC1.CCC(C)(OC)C(=O)OC1CCC([P+]([O-])=S=S)CC1.CCC(C)(OC)C(=O)OCC[P+]([O-])=S=S.CCC(C)(OC)C(=O)Oc1ccc([P+]([O-])=S=S)cc1. The molecule has 0 spiro atoms. The standard InChI is InChI=1S/C18H31O4PS2.C12H21O4PS2.C12H15O4PS2.C8H15O4PS2.12CH4/c1-4-18(2,21-3)17(19)22-15-9-5-13(6-10-15)14-7-11-16(12-8-14)23(20)25-24;2*1-4-12(2,15-3)11(13)16-9-5-7-10(8-6-9)17(14)19-18;1-4-8(2,11-3)7(9)12-5-6-13(10)15-14;;;;;;;;;;;;/h13-16H,4-12H2,1-3H3;9-10H,4-8H2,1-3H3;5-8H,4H2,1-3H3;4-6H2,1-3H3;12*1H4. The summed E-state index contributed by atoms with van der Waals surface area (Å²) in [5.74, 6) is 0.451. The highest BCUT2D eigenvalue weighted by atomic mass is 32.9. The van der Waals surface area contributed by atoms with Crippen molar-refractivity contribution < 1.29 is 76.6 Å². The predicted octanol–water partition coefficient (Wildman–Crippen LogP) is 15.0. The number of carbonyl (C=O) groups excluding carboxylic acids is 4. The Hall–Kier alpha value is -0.260. The monoisotopic (exact) mass is 1510 g/mol. The maximum absolute atomic E-state index is 12.3. The molecule has 542 valence electrons. The van der Waals surface area contributed by atoms with Gasteiger partial charge in [0.2, 0.25) is 0 Å². The molecule has 1 aromatic rings. The van der Waals surface area contributed by atoms with Crippen molar-refractivity contribution in [2.75, 3.05) is 41.2 Å². The average molecular weight is 1510 g/mol. The van der Waals surface area contributed by atoms with Crippen LogP contribution in [0.2, 0.25) is 0 Å². The summed E-state index contributed by atoms with van der Waals surface area (Å²) in [6.45, 7) is 8.81. The number of benzene rings is 1. The van der Waals surface area contributed by atoms with E-state index >= 15 is 0 Å². The Morgan fingerprint density at radius 1 is 0.456 bits per heavy atom. The number of carbonyl (C=O) groups is 4. The highest BCUT2D eigenvalue weighted by molar-refractivity contribution is 8.35. The second-order valence-electron chi connectivity index (χ2n) is 19.7. The van der Waals surface area contributed by atoms with Gasteiger partial charge < -0.3 is 57.5 Å². The van der Waals surface area contributed by atoms with Crippen LogP contribution in [0.5, 0.6) is 5.75 Å². The van der Waals surface area contributed by atoms with Gasteiger partial charge in [-0.15, -0.1) is 0 Å². The molecule has 0 saturated heterocycles. The molecule has 4 rings (SSSR count). The third kappa shape index (κ3) is 39.2. The van der Waals surface area contributed by atoms with E-state index in [1.807, 2.05) is 27.7 Å². The lowest BCUT2D eigenvalue weighted by Crippen LogP contribution is -2.41. The van der Waals surface area contributed by atoms with Crippen LogP contribution >= 0.6 is 27.7 Å². The second-order valence-corrected chi connectivity index (χ2v) is 36.6. The van der Waals surface area contributed by atoms with Crippen molar-refractivity contribution in [2.24, 2.45) is 11.8 Å². The van der Waals surface area contributed by atoms with Crippen molar-refractivity contribution in [1.82, 2.24) is 0 Å². The van der Waals surface area contributed by atoms with E-state index < -0.39 is 62.0 Å². The molecular weight excluding hydrogens is 1380 g/mol. The number of methoxy groups -OCH3 is 4. The molecule has 0 aromatic heterocycles. The Morgan fingerprint density at radius 3 is 1.06 bits per heavy atom. The van der Waals surface area contributed by atoms with Gasteiger partial charge in [0.05, 0.1) is 0 Å². The minimum atomic E-state index is -1.62. The molecule has 1 aromatic carbocycles. The van der Waals surface area contributed by atoms with Crippen LogP contribution in [0.15, 0.2) is 24.3 Å². The van der Waals surface area contributed by atoms with Gasteiger partial charge >= 0.3 is 23.9 Å². The third-order valence-electron chi connectivity index (χ3n) is 15.2. The normalized spacial score (nSPS) is 20.6. The number of hydrogen-bond acceptors (Lipinski definition) is 20. The van der Waals surface area contributed by atoms with Crippen LogP contribution in [0.25, 0.3) is 0 Å². The Bertz CT molecular complexity index is 2280. The summed E-state index contributed by atoms with van der Waals surface area (Å²) in [6.07, 6.45) is 14.3.